The van der Waals surface area contributed by atoms with Crippen LogP contribution in [0.3, 0.4) is 0 Å². The topological polar surface area (TPSA) is 89.6 Å². The van der Waals surface area contributed by atoms with Crippen molar-refractivity contribution in [1.29, 1.82) is 0 Å². The number of aliphatic carboxylic acids is 1. The third-order valence-corrected chi connectivity index (χ3v) is 4.07. The molecule has 0 saturated heterocycles. The molecule has 0 aromatic rings. The van der Waals surface area contributed by atoms with Gasteiger partial charge in [0.25, 0.3) is 0 Å². The molecule has 0 saturated carbocycles. The van der Waals surface area contributed by atoms with E-state index in [1.807, 2.05) is 0 Å². The number of rotatable bonds is 17. The van der Waals surface area contributed by atoms with Gasteiger partial charge in [-0.1, -0.05) is 63.3 Å². The van der Waals surface area contributed by atoms with E-state index in [9.17, 15) is 9.59 Å². The molecule has 0 aliphatic carbocycles. The Hall–Kier alpha value is -1.62. The second-order valence-corrected chi connectivity index (χ2v) is 6.61. The molecule has 0 fully saturated rings. The third-order valence-electron chi connectivity index (χ3n) is 4.07. The number of hydrogen-bond acceptors (Lipinski definition) is 4. The maximum atomic E-state index is 11.4. The molecule has 0 spiro atoms. The molecule has 0 amide bonds. The summed E-state index contributed by atoms with van der Waals surface area (Å²) in [6.45, 7) is 1.97. The molecular weight excluding hydrogens is 330 g/mol. The molecule has 0 aliphatic rings. The number of allylic oxidation sites excluding steroid dienone is 4. The molecule has 0 radical (unpaired) electrons. The summed E-state index contributed by atoms with van der Waals surface area (Å²) >= 11 is 0. The Morgan fingerprint density at radius 3 is 2.12 bits per heavy atom. The lowest BCUT2D eigenvalue weighted by Crippen LogP contribution is -2.35. The van der Waals surface area contributed by atoms with Crippen molar-refractivity contribution in [3.8, 4) is 0 Å². The zero-order chi connectivity index (χ0) is 19.5. The summed E-state index contributed by atoms with van der Waals surface area (Å²) in [7, 11) is 0. The first-order valence-corrected chi connectivity index (χ1v) is 10.0. The lowest BCUT2D eigenvalue weighted by Gasteiger charge is -2.07. The number of ether oxygens (including phenoxy) is 1. The predicted molar refractivity (Wildman–Crippen MR) is 106 cm³/mol. The van der Waals surface area contributed by atoms with Crippen LogP contribution in [0.2, 0.25) is 0 Å². The van der Waals surface area contributed by atoms with E-state index in [4.69, 9.17) is 15.6 Å². The molecule has 0 unspecified atom stereocenters. The highest BCUT2D eigenvalue weighted by molar-refractivity contribution is 5.74. The van der Waals surface area contributed by atoms with Gasteiger partial charge in [-0.15, -0.1) is 0 Å². The molecule has 0 aromatic heterocycles. The van der Waals surface area contributed by atoms with Crippen molar-refractivity contribution in [2.45, 2.75) is 90.0 Å². The van der Waals surface area contributed by atoms with Crippen molar-refractivity contribution < 1.29 is 19.4 Å². The Labute approximate surface area is 158 Å². The van der Waals surface area contributed by atoms with Crippen LogP contribution in [-0.2, 0) is 14.3 Å². The van der Waals surface area contributed by atoms with Crippen LogP contribution in [-0.4, -0.2) is 29.7 Å². The summed E-state index contributed by atoms with van der Waals surface area (Å²) in [6, 6.07) is -1.14. The summed E-state index contributed by atoms with van der Waals surface area (Å²) in [6.07, 6.45) is 21.8. The van der Waals surface area contributed by atoms with Gasteiger partial charge in [0.1, 0.15) is 12.6 Å². The lowest BCUT2D eigenvalue weighted by molar-refractivity contribution is -0.147. The number of unbranched alkanes of at least 4 members (excludes halogenated alkanes) is 8. The zero-order valence-corrected chi connectivity index (χ0v) is 16.3. The summed E-state index contributed by atoms with van der Waals surface area (Å²) in [5, 5.41) is 8.59. The molecule has 3 N–H and O–H groups in total. The van der Waals surface area contributed by atoms with Gasteiger partial charge in [0, 0.05) is 6.42 Å². The fourth-order valence-electron chi connectivity index (χ4n) is 2.41. The molecular formula is C21H37NO4. The molecule has 1 atom stereocenters. The van der Waals surface area contributed by atoms with Gasteiger partial charge in [0.2, 0.25) is 0 Å². The number of esters is 1. The van der Waals surface area contributed by atoms with Crippen LogP contribution in [0.4, 0.5) is 0 Å². The van der Waals surface area contributed by atoms with Crippen molar-refractivity contribution in [2.24, 2.45) is 5.73 Å². The highest BCUT2D eigenvalue weighted by Gasteiger charge is 2.13. The molecule has 0 heterocycles. The fraction of sp³-hybridized carbons (Fsp3) is 0.714. The highest BCUT2D eigenvalue weighted by atomic mass is 16.5. The summed E-state index contributed by atoms with van der Waals surface area (Å²) in [5.41, 5.74) is 5.26. The maximum absolute atomic E-state index is 11.4. The predicted octanol–water partition coefficient (Wildman–Crippen LogP) is 4.76. The minimum atomic E-state index is -1.16. The monoisotopic (exact) mass is 367 g/mol. The maximum Gasteiger partial charge on any atom is 0.324 e. The van der Waals surface area contributed by atoms with Gasteiger partial charge in [-0.25, -0.2) is 0 Å². The molecule has 0 aliphatic heterocycles. The second-order valence-electron chi connectivity index (χ2n) is 6.61. The van der Waals surface area contributed by atoms with Gasteiger partial charge in [0.15, 0.2) is 0 Å². The van der Waals surface area contributed by atoms with Crippen LogP contribution < -0.4 is 5.73 Å². The molecule has 0 aromatic carbocycles. The van der Waals surface area contributed by atoms with Gasteiger partial charge < -0.3 is 15.6 Å². The van der Waals surface area contributed by atoms with E-state index in [1.165, 1.54) is 32.1 Å². The van der Waals surface area contributed by atoms with E-state index < -0.39 is 12.0 Å². The van der Waals surface area contributed by atoms with Crippen LogP contribution in [0.1, 0.15) is 84.0 Å². The van der Waals surface area contributed by atoms with E-state index >= 15 is 0 Å². The number of carbonyl (C=O) groups is 2. The Morgan fingerprint density at radius 2 is 1.50 bits per heavy atom. The third kappa shape index (κ3) is 17.2. The van der Waals surface area contributed by atoms with Gasteiger partial charge in [-0.2, -0.15) is 0 Å². The molecule has 5 nitrogen and oxygen atoms in total. The highest BCUT2D eigenvalue weighted by Crippen LogP contribution is 2.08. The van der Waals surface area contributed by atoms with Crippen molar-refractivity contribution in [3.05, 3.63) is 24.3 Å². The Kier molecular flexibility index (Phi) is 17.0. The average Bonchev–Trinajstić information content (AvgIpc) is 2.62. The van der Waals surface area contributed by atoms with Crippen LogP contribution >= 0.6 is 0 Å². The number of nitrogens with two attached hydrogens (primary N) is 1. The number of carboxylic acid groups (broad SMARTS) is 1. The van der Waals surface area contributed by atoms with Crippen LogP contribution in [0, 0.1) is 0 Å². The van der Waals surface area contributed by atoms with E-state index in [0.29, 0.717) is 6.42 Å². The molecule has 0 bridgehead atoms. The quantitative estimate of drug-likeness (QED) is 0.220. The Balaban J connectivity index is 3.36. The lowest BCUT2D eigenvalue weighted by atomic mass is 10.1. The minimum absolute atomic E-state index is 0.256. The normalized spacial score (nSPS) is 12.7. The van der Waals surface area contributed by atoms with Crippen LogP contribution in [0.25, 0.3) is 0 Å². The number of carbonyl (C=O) groups excluding carboxylic acids is 1. The Morgan fingerprint density at radius 1 is 0.923 bits per heavy atom. The Bertz CT molecular complexity index is 418. The zero-order valence-electron chi connectivity index (χ0n) is 16.3. The van der Waals surface area contributed by atoms with Gasteiger partial charge >= 0.3 is 11.9 Å². The first-order chi connectivity index (χ1) is 12.6. The van der Waals surface area contributed by atoms with Gasteiger partial charge in [-0.05, 0) is 38.5 Å². The first kappa shape index (κ1) is 24.4. The smallest absolute Gasteiger partial charge is 0.324 e. The molecule has 26 heavy (non-hydrogen) atoms. The number of hydrogen-bond donors (Lipinski definition) is 2. The van der Waals surface area contributed by atoms with Crippen LogP contribution in [0.5, 0.6) is 0 Å². The summed E-state index contributed by atoms with van der Waals surface area (Å²) in [5.74, 6) is -1.53. The van der Waals surface area contributed by atoms with Crippen molar-refractivity contribution in [2.75, 3.05) is 6.61 Å². The van der Waals surface area contributed by atoms with E-state index in [2.05, 4.69) is 31.2 Å². The van der Waals surface area contributed by atoms with E-state index in [1.54, 1.807) is 0 Å². The van der Waals surface area contributed by atoms with Gasteiger partial charge in [0.05, 0.1) is 0 Å². The van der Waals surface area contributed by atoms with E-state index in [0.717, 1.165) is 38.5 Å². The second kappa shape index (κ2) is 18.2. The van der Waals surface area contributed by atoms with Crippen molar-refractivity contribution >= 4 is 11.9 Å². The molecule has 150 valence electrons. The minimum Gasteiger partial charge on any atom is -0.480 e. The van der Waals surface area contributed by atoms with Crippen molar-refractivity contribution in [3.63, 3.8) is 0 Å². The number of carboxylic acids is 1. The largest absolute Gasteiger partial charge is 0.480 e. The van der Waals surface area contributed by atoms with Crippen LogP contribution in [0.15, 0.2) is 24.3 Å². The molecule has 5 heteroatoms. The summed E-state index contributed by atoms with van der Waals surface area (Å²) in [4.78, 5) is 21.9. The van der Waals surface area contributed by atoms with Gasteiger partial charge in [-0.3, -0.25) is 9.59 Å². The molecule has 0 rings (SSSR count). The summed E-state index contributed by atoms with van der Waals surface area (Å²) < 4.78 is 4.82. The average molecular weight is 368 g/mol. The SMILES string of the molecule is CCCCC/C=C\C/C=C\CCCCCCCC(=O)OC[C@H](N)C(=O)O. The fourth-order valence-corrected chi connectivity index (χ4v) is 2.41. The first-order valence-electron chi connectivity index (χ1n) is 10.0. The standard InChI is InChI=1S/C21H37NO4/c1-2-3-4-5-6-7-8-9-10-11-12-13-14-15-16-17-20(23)26-18-19(22)21(24)25/h6-7,9-10,19H,2-5,8,11-18,22H2,1H3,(H,24,25)/b7-6-,10-9-/t19-/m0/s1. The van der Waals surface area contributed by atoms with Crippen molar-refractivity contribution in [1.82, 2.24) is 0 Å². The van der Waals surface area contributed by atoms with E-state index in [-0.39, 0.29) is 12.6 Å².